The summed E-state index contributed by atoms with van der Waals surface area (Å²) in [6.45, 7) is 10.8. The van der Waals surface area contributed by atoms with E-state index < -0.39 is 0 Å². The molecule has 0 unspecified atom stereocenters. The lowest BCUT2D eigenvalue weighted by molar-refractivity contribution is 0.0541. The van der Waals surface area contributed by atoms with Crippen molar-refractivity contribution in [2.24, 2.45) is 11.7 Å². The third kappa shape index (κ3) is 7.61. The molecule has 0 spiro atoms. The highest BCUT2D eigenvalue weighted by Gasteiger charge is 2.04. The van der Waals surface area contributed by atoms with Crippen LogP contribution in [0.25, 0.3) is 0 Å². The average Bonchev–Trinajstić information content (AvgIpc) is 1.84. The molecule has 0 aliphatic rings. The quantitative estimate of drug-likeness (QED) is 0.665. The van der Waals surface area contributed by atoms with Crippen molar-refractivity contribution in [2.75, 3.05) is 6.61 Å². The van der Waals surface area contributed by atoms with Gasteiger partial charge in [-0.25, -0.2) is 0 Å². The Morgan fingerprint density at radius 1 is 1.42 bits per heavy atom. The van der Waals surface area contributed by atoms with Gasteiger partial charge in [-0.1, -0.05) is 20.4 Å². The van der Waals surface area contributed by atoms with Gasteiger partial charge in [-0.2, -0.15) is 0 Å². The first-order chi connectivity index (χ1) is 5.52. The highest BCUT2D eigenvalue weighted by molar-refractivity contribution is 4.85. The van der Waals surface area contributed by atoms with Crippen LogP contribution in [0.4, 0.5) is 0 Å². The molecule has 2 N–H and O–H groups in total. The van der Waals surface area contributed by atoms with Crippen molar-refractivity contribution in [3.05, 3.63) is 12.3 Å². The summed E-state index contributed by atoms with van der Waals surface area (Å²) in [5.41, 5.74) is 6.11. The van der Waals surface area contributed by atoms with E-state index in [1.54, 1.807) is 0 Å². The number of nitrogens with two attached hydrogens (primary N) is 1. The van der Waals surface area contributed by atoms with Crippen LogP contribution in [0.2, 0.25) is 0 Å². The maximum Gasteiger partial charge on any atom is 0.0549 e. The number of hydrogen-bond donors (Lipinski definition) is 1. The number of hydrogen-bond acceptors (Lipinski definition) is 2. The molecule has 0 aliphatic heterocycles. The molecule has 0 aromatic heterocycles. The Kier molecular flexibility index (Phi) is 5.81. The second kappa shape index (κ2) is 6.06. The van der Waals surface area contributed by atoms with Crippen molar-refractivity contribution in [3.8, 4) is 0 Å². The zero-order chi connectivity index (χ0) is 9.56. The molecular weight excluding hydrogens is 150 g/mol. The summed E-state index contributed by atoms with van der Waals surface area (Å²) in [6, 6.07) is 0. The smallest absolute Gasteiger partial charge is 0.0549 e. The first-order valence-electron chi connectivity index (χ1n) is 4.57. The van der Waals surface area contributed by atoms with Gasteiger partial charge in [0.25, 0.3) is 0 Å². The number of rotatable bonds is 6. The van der Waals surface area contributed by atoms with Crippen LogP contribution >= 0.6 is 0 Å². The fourth-order valence-electron chi connectivity index (χ4n) is 1.12. The summed E-state index contributed by atoms with van der Waals surface area (Å²) in [5, 5.41) is 0. The van der Waals surface area contributed by atoms with E-state index in [0.29, 0.717) is 24.3 Å². The molecule has 12 heavy (non-hydrogen) atoms. The third-order valence-electron chi connectivity index (χ3n) is 1.63. The van der Waals surface area contributed by atoms with Gasteiger partial charge in [0, 0.05) is 12.1 Å². The molecule has 72 valence electrons. The highest BCUT2D eigenvalue weighted by Crippen LogP contribution is 2.07. The monoisotopic (exact) mass is 171 g/mol. The van der Waals surface area contributed by atoms with E-state index >= 15 is 0 Å². The van der Waals surface area contributed by atoms with Crippen molar-refractivity contribution in [1.29, 1.82) is 0 Å². The van der Waals surface area contributed by atoms with Crippen LogP contribution in [-0.4, -0.2) is 12.7 Å². The molecule has 0 heterocycles. The molecule has 0 amide bonds. The molecule has 0 bridgehead atoms. The van der Waals surface area contributed by atoms with Gasteiger partial charge in [0.1, 0.15) is 0 Å². The Hall–Kier alpha value is -0.500. The van der Waals surface area contributed by atoms with E-state index in [2.05, 4.69) is 27.4 Å². The normalized spacial score (nSPS) is 13.3. The van der Waals surface area contributed by atoms with Crippen LogP contribution in [0.1, 0.15) is 33.6 Å². The minimum atomic E-state index is 0.337. The molecule has 0 aromatic carbocycles. The van der Waals surface area contributed by atoms with Gasteiger partial charge in [-0.15, -0.1) is 0 Å². The minimum Gasteiger partial charge on any atom is -0.402 e. The van der Waals surface area contributed by atoms with Crippen LogP contribution < -0.4 is 5.73 Å². The van der Waals surface area contributed by atoms with Crippen molar-refractivity contribution in [2.45, 2.75) is 39.7 Å². The van der Waals surface area contributed by atoms with Gasteiger partial charge in [0.2, 0.25) is 0 Å². The van der Waals surface area contributed by atoms with Gasteiger partial charge in [-0.05, 0) is 19.3 Å². The second-order valence-corrected chi connectivity index (χ2v) is 3.72. The first-order valence-corrected chi connectivity index (χ1v) is 4.57. The van der Waals surface area contributed by atoms with E-state index in [4.69, 9.17) is 10.5 Å². The lowest BCUT2D eigenvalue weighted by Crippen LogP contribution is -2.13. The zero-order valence-electron chi connectivity index (χ0n) is 8.47. The molecule has 1 atom stereocenters. The summed E-state index contributed by atoms with van der Waals surface area (Å²) in [7, 11) is 0. The molecular formula is C10H21NO. The molecule has 2 heteroatoms. The molecule has 0 aliphatic carbocycles. The Labute approximate surface area is 75.8 Å². The largest absolute Gasteiger partial charge is 0.402 e. The lowest BCUT2D eigenvalue weighted by Gasteiger charge is -2.14. The van der Waals surface area contributed by atoms with Crippen LogP contribution in [0.5, 0.6) is 0 Å². The second-order valence-electron chi connectivity index (χ2n) is 3.72. The Bertz CT molecular complexity index is 132. The summed E-state index contributed by atoms with van der Waals surface area (Å²) >= 11 is 0. The Balaban J connectivity index is 3.31. The average molecular weight is 171 g/mol. The lowest BCUT2D eigenvalue weighted by atomic mass is 10.1. The van der Waals surface area contributed by atoms with E-state index in [0.717, 1.165) is 12.8 Å². The first kappa shape index (κ1) is 11.5. The molecule has 0 saturated heterocycles. The molecule has 0 fully saturated rings. The maximum atomic E-state index is 5.52. The molecule has 0 saturated carbocycles. The number of ether oxygens (including phenoxy) is 1. The van der Waals surface area contributed by atoms with Crippen molar-refractivity contribution in [1.82, 2.24) is 0 Å². The van der Waals surface area contributed by atoms with Crippen molar-refractivity contribution >= 4 is 0 Å². The maximum absolute atomic E-state index is 5.52. The van der Waals surface area contributed by atoms with Crippen LogP contribution in [0, 0.1) is 5.92 Å². The van der Waals surface area contributed by atoms with Crippen LogP contribution in [-0.2, 0) is 4.74 Å². The molecule has 0 aromatic rings. The standard InChI is InChI=1S/C10H21NO/c1-8(2)7-10(4)12-6-5-9(3)11/h8,10H,3,5-7,11H2,1-2,4H3/t10-/m1/s1. The van der Waals surface area contributed by atoms with E-state index in [1.165, 1.54) is 0 Å². The topological polar surface area (TPSA) is 35.2 Å². The van der Waals surface area contributed by atoms with Crippen LogP contribution in [0.3, 0.4) is 0 Å². The van der Waals surface area contributed by atoms with E-state index in [1.807, 2.05) is 0 Å². The third-order valence-corrected chi connectivity index (χ3v) is 1.63. The fourth-order valence-corrected chi connectivity index (χ4v) is 1.12. The summed E-state index contributed by atoms with van der Waals surface area (Å²) in [6.07, 6.45) is 2.21. The van der Waals surface area contributed by atoms with Gasteiger partial charge >= 0.3 is 0 Å². The van der Waals surface area contributed by atoms with Gasteiger partial charge in [-0.3, -0.25) is 0 Å². The predicted octanol–water partition coefficient (Wildman–Crippen LogP) is 2.30. The fraction of sp³-hybridized carbons (Fsp3) is 0.800. The Morgan fingerprint density at radius 2 is 2.00 bits per heavy atom. The van der Waals surface area contributed by atoms with Crippen LogP contribution in [0.15, 0.2) is 12.3 Å². The SMILES string of the molecule is C=C(N)CCO[C@H](C)CC(C)C. The highest BCUT2D eigenvalue weighted by atomic mass is 16.5. The van der Waals surface area contributed by atoms with Gasteiger partial charge < -0.3 is 10.5 Å². The van der Waals surface area contributed by atoms with Crippen molar-refractivity contribution < 1.29 is 4.74 Å². The predicted molar refractivity (Wildman–Crippen MR) is 52.8 cm³/mol. The van der Waals surface area contributed by atoms with Crippen molar-refractivity contribution in [3.63, 3.8) is 0 Å². The summed E-state index contributed by atoms with van der Waals surface area (Å²) < 4.78 is 5.52. The molecule has 0 radical (unpaired) electrons. The van der Waals surface area contributed by atoms with E-state index in [9.17, 15) is 0 Å². The summed E-state index contributed by atoms with van der Waals surface area (Å²) in [5.74, 6) is 0.695. The zero-order valence-corrected chi connectivity index (χ0v) is 8.47. The molecule has 0 rings (SSSR count). The Morgan fingerprint density at radius 3 is 2.42 bits per heavy atom. The van der Waals surface area contributed by atoms with Gasteiger partial charge in [0.15, 0.2) is 0 Å². The van der Waals surface area contributed by atoms with E-state index in [-0.39, 0.29) is 0 Å². The summed E-state index contributed by atoms with van der Waals surface area (Å²) in [4.78, 5) is 0. The minimum absolute atomic E-state index is 0.337. The van der Waals surface area contributed by atoms with Gasteiger partial charge in [0.05, 0.1) is 12.7 Å². The molecule has 2 nitrogen and oxygen atoms in total.